The van der Waals surface area contributed by atoms with Crippen LogP contribution in [0.3, 0.4) is 0 Å². The first-order chi connectivity index (χ1) is 9.20. The van der Waals surface area contributed by atoms with Gasteiger partial charge < -0.3 is 10.2 Å². The molecule has 0 spiro atoms. The quantitative estimate of drug-likeness (QED) is 0.838. The molecule has 2 rings (SSSR count). The molecule has 1 N–H and O–H groups in total. The van der Waals surface area contributed by atoms with E-state index in [0.29, 0.717) is 0 Å². The van der Waals surface area contributed by atoms with Crippen LogP contribution < -0.4 is 10.2 Å². The molecule has 1 aliphatic heterocycles. The molecule has 0 aromatic carbocycles. The SMILES string of the molecule is CCCNCc1cnc(N2CCCC(C)C2)c(Cl)c1. The molecule has 4 heteroatoms. The Hall–Kier alpha value is -0.800. The third-order valence-electron chi connectivity index (χ3n) is 3.59. The zero-order valence-corrected chi connectivity index (χ0v) is 12.7. The molecule has 1 fully saturated rings. The van der Waals surface area contributed by atoms with Crippen LogP contribution in [0.1, 0.15) is 38.7 Å². The Balaban J connectivity index is 2.02. The Labute approximate surface area is 121 Å². The van der Waals surface area contributed by atoms with E-state index < -0.39 is 0 Å². The Morgan fingerprint density at radius 1 is 1.53 bits per heavy atom. The van der Waals surface area contributed by atoms with Gasteiger partial charge in [-0.05, 0) is 43.4 Å². The summed E-state index contributed by atoms with van der Waals surface area (Å²) in [6.07, 6.45) is 5.64. The summed E-state index contributed by atoms with van der Waals surface area (Å²) in [6, 6.07) is 2.05. The Morgan fingerprint density at radius 2 is 2.37 bits per heavy atom. The van der Waals surface area contributed by atoms with Crippen LogP contribution in [0, 0.1) is 5.92 Å². The molecule has 0 saturated carbocycles. The average molecular weight is 282 g/mol. The first-order valence-corrected chi connectivity index (χ1v) is 7.68. The van der Waals surface area contributed by atoms with Gasteiger partial charge in [0.2, 0.25) is 0 Å². The second-order valence-electron chi connectivity index (χ2n) is 5.52. The van der Waals surface area contributed by atoms with E-state index in [-0.39, 0.29) is 0 Å². The number of aromatic nitrogens is 1. The first-order valence-electron chi connectivity index (χ1n) is 7.30. The molecule has 106 valence electrons. The molecule has 2 heterocycles. The number of halogens is 1. The third-order valence-corrected chi connectivity index (χ3v) is 3.87. The normalized spacial score (nSPS) is 19.7. The van der Waals surface area contributed by atoms with Crippen molar-refractivity contribution in [2.24, 2.45) is 5.92 Å². The van der Waals surface area contributed by atoms with Gasteiger partial charge in [0.25, 0.3) is 0 Å². The number of piperidine rings is 1. The van der Waals surface area contributed by atoms with Crippen molar-refractivity contribution in [3.63, 3.8) is 0 Å². The summed E-state index contributed by atoms with van der Waals surface area (Å²) in [5.74, 6) is 1.69. The zero-order valence-electron chi connectivity index (χ0n) is 12.0. The lowest BCUT2D eigenvalue weighted by molar-refractivity contribution is 0.444. The van der Waals surface area contributed by atoms with E-state index in [1.54, 1.807) is 0 Å². The second-order valence-corrected chi connectivity index (χ2v) is 5.93. The maximum absolute atomic E-state index is 6.39. The van der Waals surface area contributed by atoms with Crippen LogP contribution in [0.5, 0.6) is 0 Å². The summed E-state index contributed by atoms with van der Waals surface area (Å²) in [5, 5.41) is 4.15. The molecule has 0 amide bonds. The highest BCUT2D eigenvalue weighted by molar-refractivity contribution is 6.33. The topological polar surface area (TPSA) is 28.2 Å². The highest BCUT2D eigenvalue weighted by Crippen LogP contribution is 2.28. The maximum atomic E-state index is 6.39. The largest absolute Gasteiger partial charge is 0.355 e. The molecular formula is C15H24ClN3. The minimum atomic E-state index is 0.734. The van der Waals surface area contributed by atoms with E-state index in [1.165, 1.54) is 12.8 Å². The minimum absolute atomic E-state index is 0.734. The number of rotatable bonds is 5. The lowest BCUT2D eigenvalue weighted by Crippen LogP contribution is -2.35. The number of pyridine rings is 1. The standard InChI is InChI=1S/C15H24ClN3/c1-3-6-17-9-13-8-14(16)15(18-10-13)19-7-4-5-12(2)11-19/h8,10,12,17H,3-7,9,11H2,1-2H3. The van der Waals surface area contributed by atoms with Gasteiger partial charge >= 0.3 is 0 Å². The van der Waals surface area contributed by atoms with E-state index in [0.717, 1.165) is 54.9 Å². The van der Waals surface area contributed by atoms with Gasteiger partial charge in [0.15, 0.2) is 0 Å². The van der Waals surface area contributed by atoms with Crippen LogP contribution in [-0.4, -0.2) is 24.6 Å². The molecule has 1 atom stereocenters. The van der Waals surface area contributed by atoms with Crippen molar-refractivity contribution in [1.82, 2.24) is 10.3 Å². The van der Waals surface area contributed by atoms with Gasteiger partial charge in [-0.25, -0.2) is 4.98 Å². The molecule has 3 nitrogen and oxygen atoms in total. The van der Waals surface area contributed by atoms with Gasteiger partial charge in [0.1, 0.15) is 5.82 Å². The van der Waals surface area contributed by atoms with E-state index in [9.17, 15) is 0 Å². The van der Waals surface area contributed by atoms with Crippen molar-refractivity contribution >= 4 is 17.4 Å². The molecule has 0 aliphatic carbocycles. The van der Waals surface area contributed by atoms with Crippen molar-refractivity contribution in [3.8, 4) is 0 Å². The molecule has 1 aromatic heterocycles. The van der Waals surface area contributed by atoms with Gasteiger partial charge in [-0.3, -0.25) is 0 Å². The van der Waals surface area contributed by atoms with E-state index in [2.05, 4.69) is 29.0 Å². The first kappa shape index (κ1) is 14.6. The summed E-state index contributed by atoms with van der Waals surface area (Å²) < 4.78 is 0. The Morgan fingerprint density at radius 3 is 3.05 bits per heavy atom. The number of hydrogen-bond acceptors (Lipinski definition) is 3. The maximum Gasteiger partial charge on any atom is 0.147 e. The summed E-state index contributed by atoms with van der Waals surface area (Å²) in [6.45, 7) is 8.48. The monoisotopic (exact) mass is 281 g/mol. The predicted octanol–water partition coefficient (Wildman–Crippen LogP) is 3.47. The van der Waals surface area contributed by atoms with E-state index in [4.69, 9.17) is 11.6 Å². The summed E-state index contributed by atoms with van der Waals surface area (Å²) in [7, 11) is 0. The van der Waals surface area contributed by atoms with Crippen molar-refractivity contribution in [3.05, 3.63) is 22.8 Å². The lowest BCUT2D eigenvalue weighted by Gasteiger charge is -2.32. The van der Waals surface area contributed by atoms with Gasteiger partial charge in [-0.2, -0.15) is 0 Å². The van der Waals surface area contributed by atoms with E-state index in [1.807, 2.05) is 12.3 Å². The second kappa shape index (κ2) is 7.11. The van der Waals surface area contributed by atoms with Crippen molar-refractivity contribution in [2.45, 2.75) is 39.7 Å². The summed E-state index contributed by atoms with van der Waals surface area (Å²) >= 11 is 6.39. The summed E-state index contributed by atoms with van der Waals surface area (Å²) in [4.78, 5) is 6.89. The smallest absolute Gasteiger partial charge is 0.147 e. The minimum Gasteiger partial charge on any atom is -0.355 e. The van der Waals surface area contributed by atoms with Gasteiger partial charge in [0.05, 0.1) is 5.02 Å². The predicted molar refractivity (Wildman–Crippen MR) is 81.9 cm³/mol. The molecule has 1 unspecified atom stereocenters. The number of nitrogens with one attached hydrogen (secondary N) is 1. The number of anilines is 1. The molecular weight excluding hydrogens is 258 g/mol. The number of nitrogens with zero attached hydrogens (tertiary/aromatic N) is 2. The summed E-state index contributed by atoms with van der Waals surface area (Å²) in [5.41, 5.74) is 1.16. The lowest BCUT2D eigenvalue weighted by atomic mass is 10.0. The van der Waals surface area contributed by atoms with Crippen molar-refractivity contribution < 1.29 is 0 Å². The molecule has 1 saturated heterocycles. The van der Waals surface area contributed by atoms with Crippen LogP contribution >= 0.6 is 11.6 Å². The van der Waals surface area contributed by atoms with Crippen molar-refractivity contribution in [2.75, 3.05) is 24.5 Å². The van der Waals surface area contributed by atoms with E-state index >= 15 is 0 Å². The van der Waals surface area contributed by atoms with Gasteiger partial charge in [-0.1, -0.05) is 25.4 Å². The Kier molecular flexibility index (Phi) is 5.46. The van der Waals surface area contributed by atoms with Crippen LogP contribution in [0.15, 0.2) is 12.3 Å². The van der Waals surface area contributed by atoms with Gasteiger partial charge in [-0.15, -0.1) is 0 Å². The van der Waals surface area contributed by atoms with Crippen molar-refractivity contribution in [1.29, 1.82) is 0 Å². The van der Waals surface area contributed by atoms with Crippen LogP contribution in [-0.2, 0) is 6.54 Å². The molecule has 0 bridgehead atoms. The highest BCUT2D eigenvalue weighted by atomic mass is 35.5. The molecule has 1 aromatic rings. The fourth-order valence-corrected chi connectivity index (χ4v) is 2.90. The van der Waals surface area contributed by atoms with Crippen LogP contribution in [0.4, 0.5) is 5.82 Å². The van der Waals surface area contributed by atoms with Crippen LogP contribution in [0.25, 0.3) is 0 Å². The van der Waals surface area contributed by atoms with Crippen LogP contribution in [0.2, 0.25) is 5.02 Å². The molecule has 0 radical (unpaired) electrons. The third kappa shape index (κ3) is 4.08. The van der Waals surface area contributed by atoms with Gasteiger partial charge in [0, 0.05) is 25.8 Å². The number of hydrogen-bond donors (Lipinski definition) is 1. The average Bonchev–Trinajstić information content (AvgIpc) is 2.39. The fraction of sp³-hybridized carbons (Fsp3) is 0.667. The molecule has 1 aliphatic rings. The highest BCUT2D eigenvalue weighted by Gasteiger charge is 2.19. The zero-order chi connectivity index (χ0) is 13.7. The Bertz CT molecular complexity index is 408. The molecule has 19 heavy (non-hydrogen) atoms. The fourth-order valence-electron chi connectivity index (χ4n) is 2.59.